The predicted molar refractivity (Wildman–Crippen MR) is 98.4 cm³/mol. The van der Waals surface area contributed by atoms with Gasteiger partial charge in [0.2, 0.25) is 0 Å². The fourth-order valence-corrected chi connectivity index (χ4v) is 3.05. The van der Waals surface area contributed by atoms with Crippen LogP contribution in [0.3, 0.4) is 0 Å². The first-order valence-electron chi connectivity index (χ1n) is 6.94. The highest BCUT2D eigenvalue weighted by Gasteiger charge is 2.20. The molecule has 6 nitrogen and oxygen atoms in total. The van der Waals surface area contributed by atoms with Crippen LogP contribution in [-0.4, -0.2) is 33.2 Å². The molecule has 24 heavy (non-hydrogen) atoms. The molecule has 9 heteroatoms. The minimum atomic E-state index is -1.03. The molecule has 1 rings (SSSR count). The number of hydrogen-bond donors (Lipinski definition) is 6. The molecule has 0 aliphatic rings. The van der Waals surface area contributed by atoms with Crippen molar-refractivity contribution >= 4 is 55.8 Å². The summed E-state index contributed by atoms with van der Waals surface area (Å²) in [5.41, 5.74) is 1.67. The highest BCUT2D eigenvalue weighted by molar-refractivity contribution is 7.81. The van der Waals surface area contributed by atoms with Crippen LogP contribution in [0.25, 0.3) is 0 Å². The Kier molecular flexibility index (Phi) is 7.98. The Morgan fingerprint density at radius 1 is 0.667 bits per heavy atom. The van der Waals surface area contributed by atoms with E-state index in [2.05, 4.69) is 37.9 Å². The number of rotatable bonds is 9. The summed E-state index contributed by atoms with van der Waals surface area (Å²) in [4.78, 5) is 32.6. The summed E-state index contributed by atoms with van der Waals surface area (Å²) < 4.78 is 0. The first-order valence-corrected chi connectivity index (χ1v) is 8.49. The summed E-state index contributed by atoms with van der Waals surface area (Å²) in [6.45, 7) is 0. The molecule has 0 aliphatic heterocycles. The largest absolute Gasteiger partial charge is 0.481 e. The van der Waals surface area contributed by atoms with E-state index in [4.69, 9.17) is 15.3 Å². The number of thiol groups is 3. The third-order valence-electron chi connectivity index (χ3n) is 3.26. The zero-order chi connectivity index (χ0) is 18.4. The van der Waals surface area contributed by atoms with Crippen LogP contribution in [0.2, 0.25) is 0 Å². The van der Waals surface area contributed by atoms with E-state index in [9.17, 15) is 14.4 Å². The van der Waals surface area contributed by atoms with Crippen LogP contribution in [0.15, 0.2) is 18.2 Å². The normalized spacial score (nSPS) is 14.6. The van der Waals surface area contributed by atoms with Crippen molar-refractivity contribution in [3.05, 3.63) is 34.9 Å². The standard InChI is InChI=1S/C15H18O6S3/c16-13(17)4-10(22)7-1-8(11(23)5-14(18)19)3-9(2-7)12(24)6-15(20)21/h1-3,10-12,22-24H,4-6H2,(H,16,17)(H,18,19)(H,20,21). The zero-order valence-electron chi connectivity index (χ0n) is 12.5. The molecule has 0 fully saturated rings. The van der Waals surface area contributed by atoms with Gasteiger partial charge in [-0.1, -0.05) is 18.2 Å². The summed E-state index contributed by atoms with van der Waals surface area (Å²) in [7, 11) is 0. The highest BCUT2D eigenvalue weighted by Crippen LogP contribution is 2.35. The lowest BCUT2D eigenvalue weighted by molar-refractivity contribution is -0.138. The fourth-order valence-electron chi connectivity index (χ4n) is 2.13. The van der Waals surface area contributed by atoms with Gasteiger partial charge in [0, 0.05) is 15.7 Å². The van der Waals surface area contributed by atoms with Gasteiger partial charge in [0.25, 0.3) is 0 Å². The third-order valence-corrected chi connectivity index (χ3v) is 4.70. The number of carboxylic acids is 3. The van der Waals surface area contributed by atoms with Crippen LogP contribution >= 0.6 is 37.9 Å². The predicted octanol–water partition coefficient (Wildman–Crippen LogP) is 3.02. The molecule has 3 N–H and O–H groups in total. The van der Waals surface area contributed by atoms with Gasteiger partial charge in [-0.05, 0) is 16.7 Å². The number of carboxylic acid groups (broad SMARTS) is 3. The molecule has 0 heterocycles. The molecule has 0 bridgehead atoms. The van der Waals surface area contributed by atoms with Gasteiger partial charge < -0.3 is 15.3 Å². The molecule has 0 amide bonds. The highest BCUT2D eigenvalue weighted by atomic mass is 32.1. The lowest BCUT2D eigenvalue weighted by Gasteiger charge is -2.18. The monoisotopic (exact) mass is 390 g/mol. The molecule has 3 unspecified atom stereocenters. The third kappa shape index (κ3) is 6.66. The summed E-state index contributed by atoms with van der Waals surface area (Å²) in [6, 6.07) is 4.93. The van der Waals surface area contributed by atoms with Gasteiger partial charge in [-0.3, -0.25) is 14.4 Å². The molecule has 1 aromatic rings. The zero-order valence-corrected chi connectivity index (χ0v) is 15.2. The number of benzene rings is 1. The Morgan fingerprint density at radius 3 is 1.04 bits per heavy atom. The second-order valence-corrected chi connectivity index (χ2v) is 7.14. The fraction of sp³-hybridized carbons (Fsp3) is 0.400. The first kappa shape index (κ1) is 20.7. The number of hydrogen-bond acceptors (Lipinski definition) is 6. The molecule has 1 aromatic carbocycles. The first-order chi connectivity index (χ1) is 11.1. The maximum Gasteiger partial charge on any atom is 0.304 e. The number of aliphatic carboxylic acids is 3. The molecule has 0 aromatic heterocycles. The van der Waals surface area contributed by atoms with E-state index in [1.165, 1.54) is 0 Å². The summed E-state index contributed by atoms with van der Waals surface area (Å²) in [5, 5.41) is 24.9. The second kappa shape index (κ2) is 9.24. The van der Waals surface area contributed by atoms with Gasteiger partial charge in [-0.15, -0.1) is 0 Å². The lowest BCUT2D eigenvalue weighted by atomic mass is 9.96. The van der Waals surface area contributed by atoms with Crippen LogP contribution in [0.5, 0.6) is 0 Å². The van der Waals surface area contributed by atoms with Gasteiger partial charge in [-0.2, -0.15) is 37.9 Å². The van der Waals surface area contributed by atoms with Gasteiger partial charge >= 0.3 is 17.9 Å². The lowest BCUT2D eigenvalue weighted by Crippen LogP contribution is -2.07. The summed E-state index contributed by atoms with van der Waals surface area (Å²) in [6.07, 6.45) is -0.672. The van der Waals surface area contributed by atoms with Crippen LogP contribution in [0.1, 0.15) is 51.7 Å². The molecule has 0 saturated heterocycles. The molecule has 0 radical (unpaired) electrons. The van der Waals surface area contributed by atoms with Crippen LogP contribution in [0, 0.1) is 0 Å². The van der Waals surface area contributed by atoms with E-state index >= 15 is 0 Å². The van der Waals surface area contributed by atoms with E-state index in [1.54, 1.807) is 18.2 Å². The van der Waals surface area contributed by atoms with E-state index < -0.39 is 33.7 Å². The van der Waals surface area contributed by atoms with Crippen molar-refractivity contribution in [1.82, 2.24) is 0 Å². The Hall–Kier alpha value is -1.32. The average molecular weight is 391 g/mol. The van der Waals surface area contributed by atoms with Gasteiger partial charge in [0.1, 0.15) is 0 Å². The van der Waals surface area contributed by atoms with Crippen LogP contribution in [-0.2, 0) is 14.4 Å². The van der Waals surface area contributed by atoms with Crippen molar-refractivity contribution < 1.29 is 29.7 Å². The van der Waals surface area contributed by atoms with Gasteiger partial charge in [0.15, 0.2) is 0 Å². The van der Waals surface area contributed by atoms with Crippen molar-refractivity contribution in [2.24, 2.45) is 0 Å². The molecular weight excluding hydrogens is 372 g/mol. The van der Waals surface area contributed by atoms with Crippen LogP contribution < -0.4 is 0 Å². The van der Waals surface area contributed by atoms with Crippen molar-refractivity contribution in [2.75, 3.05) is 0 Å². The Bertz CT molecular complexity index is 536. The maximum atomic E-state index is 10.9. The van der Waals surface area contributed by atoms with Crippen molar-refractivity contribution in [1.29, 1.82) is 0 Å². The topological polar surface area (TPSA) is 112 Å². The van der Waals surface area contributed by atoms with Crippen molar-refractivity contribution in [3.63, 3.8) is 0 Å². The van der Waals surface area contributed by atoms with E-state index in [-0.39, 0.29) is 19.3 Å². The average Bonchev–Trinajstić information content (AvgIpc) is 2.44. The second-order valence-electron chi connectivity index (χ2n) is 5.27. The number of carbonyl (C=O) groups is 3. The van der Waals surface area contributed by atoms with Crippen LogP contribution in [0.4, 0.5) is 0 Å². The van der Waals surface area contributed by atoms with Gasteiger partial charge in [0.05, 0.1) is 19.3 Å². The molecular formula is C15H18O6S3. The van der Waals surface area contributed by atoms with E-state index in [1.807, 2.05) is 0 Å². The summed E-state index contributed by atoms with van der Waals surface area (Å²) >= 11 is 12.8. The SMILES string of the molecule is O=C(O)CC(S)c1cc(C(S)CC(=O)O)cc(C(S)CC(=O)O)c1. The molecule has 0 saturated carbocycles. The Morgan fingerprint density at radius 2 is 0.875 bits per heavy atom. The van der Waals surface area contributed by atoms with E-state index in [0.29, 0.717) is 16.7 Å². The van der Waals surface area contributed by atoms with Crippen molar-refractivity contribution in [2.45, 2.75) is 35.0 Å². The van der Waals surface area contributed by atoms with E-state index in [0.717, 1.165) is 0 Å². The molecule has 0 spiro atoms. The smallest absolute Gasteiger partial charge is 0.304 e. The quantitative estimate of drug-likeness (QED) is 0.362. The maximum absolute atomic E-state index is 10.9. The molecule has 0 aliphatic carbocycles. The summed E-state index contributed by atoms with van der Waals surface area (Å²) in [5.74, 6) is -3.08. The Labute approximate surface area is 155 Å². The Balaban J connectivity index is 3.24. The molecule has 3 atom stereocenters. The molecule has 132 valence electrons. The minimum absolute atomic E-state index is 0.224. The minimum Gasteiger partial charge on any atom is -0.481 e. The van der Waals surface area contributed by atoms with Gasteiger partial charge in [-0.25, -0.2) is 0 Å². The van der Waals surface area contributed by atoms with Crippen molar-refractivity contribution in [3.8, 4) is 0 Å².